The van der Waals surface area contributed by atoms with Crippen molar-refractivity contribution in [3.05, 3.63) is 29.3 Å². The molecule has 0 unspecified atom stereocenters. The molecule has 1 aromatic rings. The summed E-state index contributed by atoms with van der Waals surface area (Å²) in [7, 11) is 0. The fourth-order valence-electron chi connectivity index (χ4n) is 2.03. The third kappa shape index (κ3) is 1.50. The molecule has 76 valence electrons. The second-order valence-electron chi connectivity index (χ2n) is 4.16. The lowest BCUT2D eigenvalue weighted by atomic mass is 9.90. The highest BCUT2D eigenvalue weighted by Gasteiger charge is 2.21. The Bertz CT molecular complexity index is 333. The zero-order valence-corrected chi connectivity index (χ0v) is 8.79. The Labute approximate surface area is 85.1 Å². The highest BCUT2D eigenvalue weighted by Crippen LogP contribution is 2.36. The summed E-state index contributed by atoms with van der Waals surface area (Å²) in [6.45, 7) is 5.13. The van der Waals surface area contributed by atoms with Gasteiger partial charge >= 0.3 is 0 Å². The van der Waals surface area contributed by atoms with Gasteiger partial charge in [-0.3, -0.25) is 0 Å². The van der Waals surface area contributed by atoms with Crippen LogP contribution in [-0.4, -0.2) is 6.61 Å². The molecule has 0 fully saturated rings. The Kier molecular flexibility index (Phi) is 2.46. The monoisotopic (exact) mass is 191 g/mol. The molecule has 1 aromatic carbocycles. The summed E-state index contributed by atoms with van der Waals surface area (Å²) in [6.07, 6.45) is 0.927. The van der Waals surface area contributed by atoms with Crippen LogP contribution in [0, 0.1) is 0 Å². The third-order valence-corrected chi connectivity index (χ3v) is 2.78. The van der Waals surface area contributed by atoms with Gasteiger partial charge in [0.15, 0.2) is 0 Å². The highest BCUT2D eigenvalue weighted by molar-refractivity contribution is 5.45. The molecule has 0 bridgehead atoms. The average molecular weight is 191 g/mol. The standard InChI is InChI=1S/C12H17NO/c1-8(2)9-4-3-5-11-12(9)10(13)6-7-14-11/h3-5,8,10H,6-7,13H2,1-2H3/t10-/m1/s1. The first-order valence-corrected chi connectivity index (χ1v) is 5.21. The molecule has 1 heterocycles. The van der Waals surface area contributed by atoms with E-state index >= 15 is 0 Å². The van der Waals surface area contributed by atoms with Crippen molar-refractivity contribution in [1.29, 1.82) is 0 Å². The van der Waals surface area contributed by atoms with Gasteiger partial charge < -0.3 is 10.5 Å². The Morgan fingerprint density at radius 2 is 2.21 bits per heavy atom. The van der Waals surface area contributed by atoms with Crippen molar-refractivity contribution >= 4 is 0 Å². The zero-order chi connectivity index (χ0) is 10.1. The molecule has 2 rings (SSSR count). The second-order valence-corrected chi connectivity index (χ2v) is 4.16. The summed E-state index contributed by atoms with van der Waals surface area (Å²) in [5.74, 6) is 1.49. The summed E-state index contributed by atoms with van der Waals surface area (Å²) in [6, 6.07) is 6.36. The summed E-state index contributed by atoms with van der Waals surface area (Å²) in [4.78, 5) is 0. The number of benzene rings is 1. The first-order chi connectivity index (χ1) is 6.70. The van der Waals surface area contributed by atoms with E-state index in [-0.39, 0.29) is 6.04 Å². The molecule has 14 heavy (non-hydrogen) atoms. The summed E-state index contributed by atoms with van der Waals surface area (Å²) < 4.78 is 5.60. The third-order valence-electron chi connectivity index (χ3n) is 2.78. The van der Waals surface area contributed by atoms with Gasteiger partial charge in [0.05, 0.1) is 6.61 Å². The molecular weight excluding hydrogens is 174 g/mol. The molecule has 0 saturated heterocycles. The number of hydrogen-bond acceptors (Lipinski definition) is 2. The molecule has 2 heteroatoms. The van der Waals surface area contributed by atoms with Crippen LogP contribution in [-0.2, 0) is 0 Å². The van der Waals surface area contributed by atoms with Crippen LogP contribution in [0.15, 0.2) is 18.2 Å². The molecule has 0 aliphatic carbocycles. The fraction of sp³-hybridized carbons (Fsp3) is 0.500. The van der Waals surface area contributed by atoms with Crippen LogP contribution in [0.5, 0.6) is 5.75 Å². The molecule has 0 amide bonds. The van der Waals surface area contributed by atoms with Crippen molar-refractivity contribution in [2.45, 2.75) is 32.2 Å². The minimum Gasteiger partial charge on any atom is -0.493 e. The van der Waals surface area contributed by atoms with Crippen LogP contribution in [0.25, 0.3) is 0 Å². The fourth-order valence-corrected chi connectivity index (χ4v) is 2.03. The Balaban J connectivity index is 2.52. The van der Waals surface area contributed by atoms with Gasteiger partial charge in [0.25, 0.3) is 0 Å². The lowest BCUT2D eigenvalue weighted by molar-refractivity contribution is 0.267. The van der Waals surface area contributed by atoms with Crippen LogP contribution in [0.4, 0.5) is 0 Å². The quantitative estimate of drug-likeness (QED) is 0.740. The SMILES string of the molecule is CC(C)c1cccc2c1[C@H](N)CCO2. The average Bonchev–Trinajstić information content (AvgIpc) is 2.17. The predicted octanol–water partition coefficient (Wildman–Crippen LogP) is 2.59. The number of ether oxygens (including phenoxy) is 1. The maximum atomic E-state index is 6.10. The van der Waals surface area contributed by atoms with E-state index in [1.807, 2.05) is 12.1 Å². The first kappa shape index (κ1) is 9.53. The van der Waals surface area contributed by atoms with Crippen LogP contribution in [0.1, 0.15) is 43.4 Å². The lowest BCUT2D eigenvalue weighted by Crippen LogP contribution is -2.22. The normalized spacial score (nSPS) is 20.4. The molecule has 1 aliphatic heterocycles. The number of nitrogens with two attached hydrogens (primary N) is 1. The van der Waals surface area contributed by atoms with Gasteiger partial charge in [0.2, 0.25) is 0 Å². The minimum absolute atomic E-state index is 0.150. The Morgan fingerprint density at radius 3 is 2.93 bits per heavy atom. The minimum atomic E-state index is 0.150. The van der Waals surface area contributed by atoms with E-state index in [0.717, 1.165) is 18.8 Å². The van der Waals surface area contributed by atoms with E-state index in [9.17, 15) is 0 Å². The molecule has 0 saturated carbocycles. The molecule has 0 spiro atoms. The second kappa shape index (κ2) is 3.62. The molecule has 2 N–H and O–H groups in total. The molecule has 0 aromatic heterocycles. The van der Waals surface area contributed by atoms with Gasteiger partial charge in [-0.1, -0.05) is 26.0 Å². The smallest absolute Gasteiger partial charge is 0.124 e. The van der Waals surface area contributed by atoms with E-state index in [2.05, 4.69) is 19.9 Å². The van der Waals surface area contributed by atoms with Crippen molar-refractivity contribution in [2.24, 2.45) is 5.73 Å². The number of fused-ring (bicyclic) bond motifs is 1. The van der Waals surface area contributed by atoms with Gasteiger partial charge in [-0.15, -0.1) is 0 Å². The van der Waals surface area contributed by atoms with E-state index < -0.39 is 0 Å². The van der Waals surface area contributed by atoms with E-state index in [0.29, 0.717) is 5.92 Å². The summed E-state index contributed by atoms with van der Waals surface area (Å²) >= 11 is 0. The van der Waals surface area contributed by atoms with Gasteiger partial charge in [0.1, 0.15) is 5.75 Å². The van der Waals surface area contributed by atoms with Crippen molar-refractivity contribution in [1.82, 2.24) is 0 Å². The molecule has 0 radical (unpaired) electrons. The predicted molar refractivity (Wildman–Crippen MR) is 57.6 cm³/mol. The van der Waals surface area contributed by atoms with Crippen molar-refractivity contribution < 1.29 is 4.74 Å². The van der Waals surface area contributed by atoms with Crippen molar-refractivity contribution in [2.75, 3.05) is 6.61 Å². The van der Waals surface area contributed by atoms with Gasteiger partial charge in [-0.2, -0.15) is 0 Å². The first-order valence-electron chi connectivity index (χ1n) is 5.21. The van der Waals surface area contributed by atoms with Crippen LogP contribution in [0.3, 0.4) is 0 Å². The number of rotatable bonds is 1. The largest absolute Gasteiger partial charge is 0.493 e. The van der Waals surface area contributed by atoms with Crippen molar-refractivity contribution in [3.8, 4) is 5.75 Å². The van der Waals surface area contributed by atoms with Gasteiger partial charge in [-0.25, -0.2) is 0 Å². The van der Waals surface area contributed by atoms with Crippen LogP contribution < -0.4 is 10.5 Å². The van der Waals surface area contributed by atoms with E-state index in [4.69, 9.17) is 10.5 Å². The van der Waals surface area contributed by atoms with Gasteiger partial charge in [0, 0.05) is 18.0 Å². The summed E-state index contributed by atoms with van der Waals surface area (Å²) in [5, 5.41) is 0. The lowest BCUT2D eigenvalue weighted by Gasteiger charge is -2.26. The van der Waals surface area contributed by atoms with Crippen molar-refractivity contribution in [3.63, 3.8) is 0 Å². The van der Waals surface area contributed by atoms with E-state index in [1.54, 1.807) is 0 Å². The molecular formula is C12H17NO. The molecule has 1 atom stereocenters. The van der Waals surface area contributed by atoms with E-state index in [1.165, 1.54) is 11.1 Å². The maximum absolute atomic E-state index is 6.10. The Morgan fingerprint density at radius 1 is 1.43 bits per heavy atom. The number of hydrogen-bond donors (Lipinski definition) is 1. The van der Waals surface area contributed by atoms with Crippen LogP contribution in [0.2, 0.25) is 0 Å². The Hall–Kier alpha value is -1.02. The van der Waals surface area contributed by atoms with Gasteiger partial charge in [-0.05, 0) is 17.5 Å². The summed E-state index contributed by atoms with van der Waals surface area (Å²) in [5.41, 5.74) is 8.65. The van der Waals surface area contributed by atoms with Crippen LogP contribution >= 0.6 is 0 Å². The maximum Gasteiger partial charge on any atom is 0.124 e. The topological polar surface area (TPSA) is 35.2 Å². The molecule has 2 nitrogen and oxygen atoms in total. The zero-order valence-electron chi connectivity index (χ0n) is 8.79. The highest BCUT2D eigenvalue weighted by atomic mass is 16.5. The molecule has 1 aliphatic rings.